The second kappa shape index (κ2) is 11.5. The molecule has 3 aliphatic rings. The first-order valence-electron chi connectivity index (χ1n) is 13.0. The average Bonchev–Trinajstić information content (AvgIpc) is 3.29. The number of fused-ring (bicyclic) bond motifs is 2. The Kier molecular flexibility index (Phi) is 7.93. The molecule has 198 valence electrons. The first kappa shape index (κ1) is 25.5. The van der Waals surface area contributed by atoms with E-state index in [9.17, 15) is 14.7 Å². The minimum absolute atomic E-state index is 0.0162. The Balaban J connectivity index is 1.18. The number of amides is 3. The number of hydrogen-bond donors (Lipinski definition) is 3. The Morgan fingerprint density at radius 3 is 2.49 bits per heavy atom. The van der Waals surface area contributed by atoms with E-state index in [4.69, 9.17) is 14.2 Å². The SMILES string of the molecule is COc1ccc(NC(=O)N2C[C@H](O)COC[C@H]3O[C@@H](CC(=O)NC4Cc5ccccc5C4)CC[C@@H]32)cc1. The number of hydrogen-bond acceptors (Lipinski definition) is 6. The summed E-state index contributed by atoms with van der Waals surface area (Å²) in [5.74, 6) is 0.683. The molecule has 2 aliphatic heterocycles. The number of anilines is 1. The largest absolute Gasteiger partial charge is 0.497 e. The second-order valence-electron chi connectivity index (χ2n) is 10.1. The third-order valence-corrected chi connectivity index (χ3v) is 7.41. The van der Waals surface area contributed by atoms with E-state index in [0.29, 0.717) is 24.3 Å². The monoisotopic (exact) mass is 509 g/mol. The Labute approximate surface area is 217 Å². The van der Waals surface area contributed by atoms with Crippen LogP contribution in [-0.2, 0) is 27.1 Å². The predicted octanol–water partition coefficient (Wildman–Crippen LogP) is 2.51. The van der Waals surface area contributed by atoms with Crippen LogP contribution in [0.25, 0.3) is 0 Å². The molecule has 2 heterocycles. The van der Waals surface area contributed by atoms with Gasteiger partial charge in [0, 0.05) is 11.7 Å². The number of carbonyl (C=O) groups excluding carboxylic acids is 2. The molecule has 3 amide bonds. The number of rotatable bonds is 5. The average molecular weight is 510 g/mol. The maximum atomic E-state index is 13.2. The third kappa shape index (κ3) is 6.23. The molecule has 2 saturated heterocycles. The number of urea groups is 1. The van der Waals surface area contributed by atoms with Crippen molar-refractivity contribution < 1.29 is 28.9 Å². The molecule has 2 aromatic rings. The molecule has 9 nitrogen and oxygen atoms in total. The highest BCUT2D eigenvalue weighted by Crippen LogP contribution is 2.29. The maximum Gasteiger partial charge on any atom is 0.322 e. The zero-order chi connectivity index (χ0) is 25.8. The summed E-state index contributed by atoms with van der Waals surface area (Å²) in [4.78, 5) is 27.7. The number of methoxy groups -OCH3 is 1. The van der Waals surface area contributed by atoms with Crippen molar-refractivity contribution in [3.05, 3.63) is 59.7 Å². The van der Waals surface area contributed by atoms with Gasteiger partial charge < -0.3 is 34.9 Å². The summed E-state index contributed by atoms with van der Waals surface area (Å²) in [6.45, 7) is 0.510. The van der Waals surface area contributed by atoms with Crippen molar-refractivity contribution in [1.29, 1.82) is 0 Å². The van der Waals surface area contributed by atoms with Gasteiger partial charge in [0.15, 0.2) is 0 Å². The topological polar surface area (TPSA) is 109 Å². The van der Waals surface area contributed by atoms with Gasteiger partial charge in [-0.1, -0.05) is 24.3 Å². The fraction of sp³-hybridized carbons (Fsp3) is 0.500. The number of nitrogens with one attached hydrogen (secondary N) is 2. The van der Waals surface area contributed by atoms with Crippen molar-refractivity contribution in [2.75, 3.05) is 32.2 Å². The van der Waals surface area contributed by atoms with Crippen LogP contribution in [-0.4, -0.2) is 79.2 Å². The van der Waals surface area contributed by atoms with E-state index in [-0.39, 0.29) is 62.4 Å². The summed E-state index contributed by atoms with van der Waals surface area (Å²) in [7, 11) is 1.59. The fourth-order valence-corrected chi connectivity index (χ4v) is 5.60. The number of carbonyl (C=O) groups is 2. The summed E-state index contributed by atoms with van der Waals surface area (Å²) >= 11 is 0. The van der Waals surface area contributed by atoms with E-state index in [1.807, 2.05) is 12.1 Å². The zero-order valence-corrected chi connectivity index (χ0v) is 21.1. The minimum atomic E-state index is -0.790. The molecule has 4 atom stereocenters. The molecule has 2 fully saturated rings. The summed E-state index contributed by atoms with van der Waals surface area (Å²) in [6, 6.07) is 14.9. The summed E-state index contributed by atoms with van der Waals surface area (Å²) < 4.78 is 17.2. The minimum Gasteiger partial charge on any atom is -0.497 e. The normalized spacial score (nSPS) is 25.8. The first-order chi connectivity index (χ1) is 18.0. The van der Waals surface area contributed by atoms with Crippen molar-refractivity contribution >= 4 is 17.6 Å². The van der Waals surface area contributed by atoms with Crippen LogP contribution in [0, 0.1) is 0 Å². The van der Waals surface area contributed by atoms with Gasteiger partial charge in [-0.25, -0.2) is 4.79 Å². The highest BCUT2D eigenvalue weighted by molar-refractivity contribution is 5.89. The molecule has 2 aromatic carbocycles. The first-order valence-corrected chi connectivity index (χ1v) is 13.0. The fourth-order valence-electron chi connectivity index (χ4n) is 5.60. The lowest BCUT2D eigenvalue weighted by atomic mass is 9.95. The van der Waals surface area contributed by atoms with Gasteiger partial charge >= 0.3 is 6.03 Å². The Morgan fingerprint density at radius 1 is 1.05 bits per heavy atom. The Bertz CT molecular complexity index is 1070. The number of aliphatic hydroxyl groups excluding tert-OH is 1. The third-order valence-electron chi connectivity index (χ3n) is 7.41. The lowest BCUT2D eigenvalue weighted by Crippen LogP contribution is -2.58. The van der Waals surface area contributed by atoms with Crippen LogP contribution in [0.3, 0.4) is 0 Å². The van der Waals surface area contributed by atoms with Crippen LogP contribution >= 0.6 is 0 Å². The predicted molar refractivity (Wildman–Crippen MR) is 138 cm³/mol. The molecule has 0 saturated carbocycles. The molecular formula is C28H35N3O6. The molecule has 0 aromatic heterocycles. The maximum absolute atomic E-state index is 13.2. The Morgan fingerprint density at radius 2 is 1.78 bits per heavy atom. The second-order valence-corrected chi connectivity index (χ2v) is 10.1. The van der Waals surface area contributed by atoms with Crippen LogP contribution in [0.1, 0.15) is 30.4 Å². The molecule has 0 unspecified atom stereocenters. The van der Waals surface area contributed by atoms with E-state index >= 15 is 0 Å². The van der Waals surface area contributed by atoms with Crippen LogP contribution in [0.4, 0.5) is 10.5 Å². The number of benzene rings is 2. The molecular weight excluding hydrogens is 474 g/mol. The van der Waals surface area contributed by atoms with E-state index in [2.05, 4.69) is 22.8 Å². The molecule has 0 spiro atoms. The van der Waals surface area contributed by atoms with Gasteiger partial charge in [0.25, 0.3) is 0 Å². The van der Waals surface area contributed by atoms with Gasteiger partial charge in [-0.2, -0.15) is 0 Å². The Hall–Kier alpha value is -3.14. The van der Waals surface area contributed by atoms with Gasteiger partial charge in [0.05, 0.1) is 51.5 Å². The van der Waals surface area contributed by atoms with Gasteiger partial charge in [0.1, 0.15) is 11.9 Å². The molecule has 0 bridgehead atoms. The van der Waals surface area contributed by atoms with Gasteiger partial charge in [-0.3, -0.25) is 4.79 Å². The van der Waals surface area contributed by atoms with Crippen LogP contribution < -0.4 is 15.4 Å². The van der Waals surface area contributed by atoms with Crippen LogP contribution in [0.2, 0.25) is 0 Å². The highest BCUT2D eigenvalue weighted by atomic mass is 16.5. The molecule has 0 radical (unpaired) electrons. The van der Waals surface area contributed by atoms with Gasteiger partial charge in [-0.15, -0.1) is 0 Å². The quantitative estimate of drug-likeness (QED) is 0.572. The van der Waals surface area contributed by atoms with Crippen molar-refractivity contribution in [2.24, 2.45) is 0 Å². The molecule has 3 N–H and O–H groups in total. The number of ether oxygens (including phenoxy) is 3. The van der Waals surface area contributed by atoms with Crippen LogP contribution in [0.5, 0.6) is 5.75 Å². The van der Waals surface area contributed by atoms with Gasteiger partial charge in [0.2, 0.25) is 5.91 Å². The summed E-state index contributed by atoms with van der Waals surface area (Å²) in [6.07, 6.45) is 1.86. The molecule has 1 aliphatic carbocycles. The van der Waals surface area contributed by atoms with Crippen molar-refractivity contribution in [2.45, 2.75) is 62.5 Å². The lowest BCUT2D eigenvalue weighted by molar-refractivity contribution is -0.150. The molecule has 9 heteroatoms. The van der Waals surface area contributed by atoms with E-state index in [1.54, 1.807) is 36.3 Å². The zero-order valence-electron chi connectivity index (χ0n) is 21.1. The highest BCUT2D eigenvalue weighted by Gasteiger charge is 2.40. The van der Waals surface area contributed by atoms with Crippen LogP contribution in [0.15, 0.2) is 48.5 Å². The summed E-state index contributed by atoms with van der Waals surface area (Å²) in [5, 5.41) is 16.5. The lowest BCUT2D eigenvalue weighted by Gasteiger charge is -2.44. The number of β-amino-alcohol motifs (C(OH)–C–C–N with tert-alkyl or cyclic N) is 1. The van der Waals surface area contributed by atoms with Crippen molar-refractivity contribution in [1.82, 2.24) is 10.2 Å². The van der Waals surface area contributed by atoms with E-state index < -0.39 is 6.10 Å². The van der Waals surface area contributed by atoms with E-state index in [1.165, 1.54) is 11.1 Å². The number of nitrogens with zero attached hydrogens (tertiary/aromatic N) is 1. The number of aliphatic hydroxyl groups is 1. The van der Waals surface area contributed by atoms with Crippen molar-refractivity contribution in [3.8, 4) is 5.75 Å². The molecule has 37 heavy (non-hydrogen) atoms. The van der Waals surface area contributed by atoms with Crippen molar-refractivity contribution in [3.63, 3.8) is 0 Å². The van der Waals surface area contributed by atoms with E-state index in [0.717, 1.165) is 12.8 Å². The van der Waals surface area contributed by atoms with Gasteiger partial charge in [-0.05, 0) is 61.1 Å². The standard InChI is InChI=1S/C28H35N3O6/c1-35-23-8-6-20(7-9-23)30-28(34)31-15-22(32)16-36-17-26-25(31)11-10-24(37-26)14-27(33)29-21-12-18-4-2-3-5-19(18)13-21/h2-9,21-22,24-26,32H,10-17H2,1H3,(H,29,33)(H,30,34)/t22-,24+,25-,26+/m0/s1. The molecule has 5 rings (SSSR count). The summed E-state index contributed by atoms with van der Waals surface area (Å²) in [5.41, 5.74) is 3.23. The smallest absolute Gasteiger partial charge is 0.322 e.